The molecule has 108 valence electrons. The van der Waals surface area contributed by atoms with Crippen LogP contribution in [0.15, 0.2) is 4.90 Å². The summed E-state index contributed by atoms with van der Waals surface area (Å²) in [5, 5.41) is 14.9. The van der Waals surface area contributed by atoms with Crippen molar-refractivity contribution in [2.24, 2.45) is 5.92 Å². The van der Waals surface area contributed by atoms with Gasteiger partial charge in [0.2, 0.25) is 10.0 Å². The van der Waals surface area contributed by atoms with Crippen molar-refractivity contribution in [1.29, 1.82) is 0 Å². The van der Waals surface area contributed by atoms with Gasteiger partial charge in [0.05, 0.1) is 5.69 Å². The van der Waals surface area contributed by atoms with Gasteiger partial charge in [0.1, 0.15) is 4.90 Å². The van der Waals surface area contributed by atoms with E-state index in [-0.39, 0.29) is 10.6 Å². The number of carbonyl (C=O) groups is 1. The minimum atomic E-state index is -3.84. The van der Waals surface area contributed by atoms with Gasteiger partial charge in [-0.1, -0.05) is 13.8 Å². The predicted octanol–water partition coefficient (Wildman–Crippen LogP) is 1.08. The summed E-state index contributed by atoms with van der Waals surface area (Å²) in [6.45, 7) is 5.81. The molecule has 0 atom stereocenters. The maximum absolute atomic E-state index is 12.4. The van der Waals surface area contributed by atoms with Gasteiger partial charge in [0.15, 0.2) is 5.69 Å². The Labute approximate surface area is 112 Å². The Balaban J connectivity index is 3.13. The third-order valence-electron chi connectivity index (χ3n) is 2.78. The fourth-order valence-electron chi connectivity index (χ4n) is 1.60. The van der Waals surface area contributed by atoms with Crippen LogP contribution in [0.25, 0.3) is 0 Å². The zero-order chi connectivity index (χ0) is 14.8. The molecule has 1 rings (SSSR count). The van der Waals surface area contributed by atoms with E-state index in [1.807, 2.05) is 13.8 Å². The summed E-state index contributed by atoms with van der Waals surface area (Å²) in [4.78, 5) is 10.7. The second kappa shape index (κ2) is 5.70. The summed E-state index contributed by atoms with van der Waals surface area (Å²) < 4.78 is 25.9. The fraction of sp³-hybridized carbons (Fsp3) is 0.636. The number of carboxylic acids is 1. The number of carboxylic acid groups (broad SMARTS) is 1. The van der Waals surface area contributed by atoms with E-state index in [1.54, 1.807) is 0 Å². The first-order valence-corrected chi connectivity index (χ1v) is 7.36. The molecule has 0 fully saturated rings. The lowest BCUT2D eigenvalue weighted by Crippen LogP contribution is -2.30. The van der Waals surface area contributed by atoms with E-state index in [1.165, 1.54) is 14.0 Å². The van der Waals surface area contributed by atoms with Crippen LogP contribution in [-0.4, -0.2) is 47.6 Å². The van der Waals surface area contributed by atoms with Gasteiger partial charge in [-0.25, -0.2) is 17.5 Å². The highest BCUT2D eigenvalue weighted by Crippen LogP contribution is 2.21. The lowest BCUT2D eigenvalue weighted by atomic mass is 10.1. The van der Waals surface area contributed by atoms with E-state index in [0.717, 1.165) is 4.31 Å². The van der Waals surface area contributed by atoms with Crippen LogP contribution in [0.5, 0.6) is 0 Å². The Hall–Kier alpha value is -1.41. The van der Waals surface area contributed by atoms with Crippen LogP contribution in [0.2, 0.25) is 0 Å². The number of aromatic amines is 1. The van der Waals surface area contributed by atoms with Gasteiger partial charge in [-0.05, 0) is 19.3 Å². The Kier molecular flexibility index (Phi) is 4.70. The van der Waals surface area contributed by atoms with E-state index >= 15 is 0 Å². The summed E-state index contributed by atoms with van der Waals surface area (Å²) in [5.41, 5.74) is -0.234. The SMILES string of the molecule is Cc1[nH]nc(C(=O)O)c1S(=O)(=O)N(C)CCC(C)C. The van der Waals surface area contributed by atoms with E-state index < -0.39 is 21.7 Å². The van der Waals surface area contributed by atoms with Crippen LogP contribution in [-0.2, 0) is 10.0 Å². The van der Waals surface area contributed by atoms with E-state index in [4.69, 9.17) is 5.11 Å². The molecule has 0 aliphatic carbocycles. The first-order chi connectivity index (χ1) is 8.67. The average molecular weight is 289 g/mol. The summed E-state index contributed by atoms with van der Waals surface area (Å²) in [5.74, 6) is -0.998. The summed E-state index contributed by atoms with van der Waals surface area (Å²) in [6.07, 6.45) is 0.703. The Bertz CT molecular complexity index is 562. The number of aromatic nitrogens is 2. The van der Waals surface area contributed by atoms with Gasteiger partial charge in [0, 0.05) is 13.6 Å². The molecule has 0 aliphatic rings. The molecule has 0 aliphatic heterocycles. The highest BCUT2D eigenvalue weighted by Gasteiger charge is 2.31. The van der Waals surface area contributed by atoms with Gasteiger partial charge in [-0.2, -0.15) is 5.10 Å². The number of nitrogens with one attached hydrogen (secondary N) is 1. The van der Waals surface area contributed by atoms with E-state index in [0.29, 0.717) is 18.9 Å². The molecule has 0 saturated heterocycles. The van der Waals surface area contributed by atoms with Crippen LogP contribution in [0, 0.1) is 12.8 Å². The molecular weight excluding hydrogens is 270 g/mol. The smallest absolute Gasteiger partial charge is 0.357 e. The second-order valence-electron chi connectivity index (χ2n) is 4.84. The van der Waals surface area contributed by atoms with Crippen molar-refractivity contribution in [3.63, 3.8) is 0 Å². The molecule has 2 N–H and O–H groups in total. The third kappa shape index (κ3) is 3.32. The number of aryl methyl sites for hydroxylation is 1. The van der Waals surface area contributed by atoms with Crippen molar-refractivity contribution in [3.8, 4) is 0 Å². The second-order valence-corrected chi connectivity index (χ2v) is 6.82. The predicted molar refractivity (Wildman–Crippen MR) is 69.6 cm³/mol. The summed E-state index contributed by atoms with van der Waals surface area (Å²) in [6, 6.07) is 0. The zero-order valence-electron chi connectivity index (χ0n) is 11.5. The zero-order valence-corrected chi connectivity index (χ0v) is 12.3. The van der Waals surface area contributed by atoms with Crippen molar-refractivity contribution < 1.29 is 18.3 Å². The van der Waals surface area contributed by atoms with Crippen molar-refractivity contribution in [2.75, 3.05) is 13.6 Å². The molecule has 1 heterocycles. The van der Waals surface area contributed by atoms with E-state index in [9.17, 15) is 13.2 Å². The number of sulfonamides is 1. The first-order valence-electron chi connectivity index (χ1n) is 5.92. The number of rotatable bonds is 6. The molecule has 8 heteroatoms. The van der Waals surface area contributed by atoms with Gasteiger partial charge in [0.25, 0.3) is 0 Å². The maximum atomic E-state index is 12.4. The molecule has 19 heavy (non-hydrogen) atoms. The Morgan fingerprint density at radius 1 is 1.47 bits per heavy atom. The van der Waals surface area contributed by atoms with Gasteiger partial charge in [-0.15, -0.1) is 0 Å². The third-order valence-corrected chi connectivity index (χ3v) is 4.80. The van der Waals surface area contributed by atoms with Crippen molar-refractivity contribution in [1.82, 2.24) is 14.5 Å². The molecule has 1 aromatic heterocycles. The average Bonchev–Trinajstić information content (AvgIpc) is 2.68. The first kappa shape index (κ1) is 15.6. The lowest BCUT2D eigenvalue weighted by Gasteiger charge is -2.18. The Morgan fingerprint density at radius 2 is 2.05 bits per heavy atom. The van der Waals surface area contributed by atoms with Crippen LogP contribution < -0.4 is 0 Å². The van der Waals surface area contributed by atoms with Crippen LogP contribution in [0.4, 0.5) is 0 Å². The number of H-pyrrole nitrogens is 1. The van der Waals surface area contributed by atoms with Gasteiger partial charge in [-0.3, -0.25) is 5.10 Å². The number of nitrogens with zero attached hydrogens (tertiary/aromatic N) is 2. The Morgan fingerprint density at radius 3 is 2.53 bits per heavy atom. The normalized spacial score (nSPS) is 12.3. The monoisotopic (exact) mass is 289 g/mol. The quantitative estimate of drug-likeness (QED) is 0.815. The highest BCUT2D eigenvalue weighted by atomic mass is 32.2. The molecule has 0 saturated carbocycles. The molecule has 7 nitrogen and oxygen atoms in total. The lowest BCUT2D eigenvalue weighted by molar-refractivity contribution is 0.0686. The van der Waals surface area contributed by atoms with Crippen LogP contribution >= 0.6 is 0 Å². The molecule has 0 unspecified atom stereocenters. The number of aromatic carboxylic acids is 1. The van der Waals surface area contributed by atoms with Crippen LogP contribution in [0.3, 0.4) is 0 Å². The fourth-order valence-corrected chi connectivity index (χ4v) is 3.06. The van der Waals surface area contributed by atoms with Crippen molar-refractivity contribution in [3.05, 3.63) is 11.4 Å². The molecule has 0 amide bonds. The largest absolute Gasteiger partial charge is 0.476 e. The molecule has 0 radical (unpaired) electrons. The van der Waals surface area contributed by atoms with Gasteiger partial charge < -0.3 is 5.11 Å². The molecule has 0 bridgehead atoms. The molecular formula is C11H19N3O4S. The van der Waals surface area contributed by atoms with Crippen molar-refractivity contribution >= 4 is 16.0 Å². The van der Waals surface area contributed by atoms with Crippen LogP contribution in [0.1, 0.15) is 36.5 Å². The minimum Gasteiger partial charge on any atom is -0.476 e. The number of hydrogen-bond acceptors (Lipinski definition) is 4. The highest BCUT2D eigenvalue weighted by molar-refractivity contribution is 7.89. The van der Waals surface area contributed by atoms with Gasteiger partial charge >= 0.3 is 5.97 Å². The summed E-state index contributed by atoms with van der Waals surface area (Å²) in [7, 11) is -2.40. The molecule has 0 spiro atoms. The number of hydrogen-bond donors (Lipinski definition) is 2. The molecule has 1 aromatic rings. The minimum absolute atomic E-state index is 0.230. The topological polar surface area (TPSA) is 103 Å². The van der Waals surface area contributed by atoms with Crippen molar-refractivity contribution in [2.45, 2.75) is 32.1 Å². The standard InChI is InChI=1S/C11H19N3O4S/c1-7(2)5-6-14(4)19(17,18)10-8(3)12-13-9(10)11(15)16/h7H,5-6H2,1-4H3,(H,12,13)(H,15,16). The maximum Gasteiger partial charge on any atom is 0.357 e. The molecule has 0 aromatic carbocycles. The summed E-state index contributed by atoms with van der Waals surface area (Å²) >= 11 is 0. The van der Waals surface area contributed by atoms with E-state index in [2.05, 4.69) is 10.2 Å².